The van der Waals surface area contributed by atoms with Gasteiger partial charge < -0.3 is 24.1 Å². The van der Waals surface area contributed by atoms with E-state index in [2.05, 4.69) is 0 Å². The van der Waals surface area contributed by atoms with E-state index in [1.54, 1.807) is 39.2 Å². The summed E-state index contributed by atoms with van der Waals surface area (Å²) in [6.07, 6.45) is 0.498. The van der Waals surface area contributed by atoms with Crippen molar-refractivity contribution in [3.63, 3.8) is 0 Å². The van der Waals surface area contributed by atoms with Crippen molar-refractivity contribution in [3.05, 3.63) is 47.0 Å². The molecule has 2 aromatic carbocycles. The van der Waals surface area contributed by atoms with Crippen LogP contribution >= 0.6 is 0 Å². The van der Waals surface area contributed by atoms with E-state index in [0.717, 1.165) is 0 Å². The monoisotopic (exact) mass is 427 g/mol. The van der Waals surface area contributed by atoms with E-state index in [-0.39, 0.29) is 23.7 Å². The van der Waals surface area contributed by atoms with Crippen molar-refractivity contribution in [2.45, 2.75) is 19.3 Å². The van der Waals surface area contributed by atoms with Gasteiger partial charge in [-0.1, -0.05) is 0 Å². The quantitative estimate of drug-likeness (QED) is 0.266. The molecule has 1 N–H and O–H groups in total. The molecule has 164 valence electrons. The lowest BCUT2D eigenvalue weighted by atomic mass is 9.82. The molecule has 0 atom stereocenters. The second-order valence-electron chi connectivity index (χ2n) is 7.18. The van der Waals surface area contributed by atoms with Crippen molar-refractivity contribution < 1.29 is 33.6 Å². The van der Waals surface area contributed by atoms with Gasteiger partial charge in [-0.2, -0.15) is 5.26 Å². The average molecular weight is 427 g/mol. The number of nitrogens with zero attached hydrogens (tertiary/aromatic N) is 1. The number of phenolic OH excluding ortho intramolecular Hbond substituents is 1. The van der Waals surface area contributed by atoms with Gasteiger partial charge in [0.2, 0.25) is 0 Å². The number of aromatic hydroxyl groups is 1. The maximum atomic E-state index is 12.3. The van der Waals surface area contributed by atoms with Gasteiger partial charge >= 0.3 is 5.97 Å². The Kier molecular flexibility index (Phi) is 8.14. The lowest BCUT2D eigenvalue weighted by Crippen LogP contribution is -2.30. The Bertz CT molecular complexity index is 992. The fourth-order valence-electron chi connectivity index (χ4n) is 2.93. The normalized spacial score (nSPS) is 10.9. The zero-order chi connectivity index (χ0) is 23.0. The van der Waals surface area contributed by atoms with Gasteiger partial charge in [0.25, 0.3) is 0 Å². The molecule has 8 heteroatoms. The topological polar surface area (TPSA) is 115 Å². The van der Waals surface area contributed by atoms with Gasteiger partial charge in [0, 0.05) is 18.2 Å². The summed E-state index contributed by atoms with van der Waals surface area (Å²) in [6.45, 7) is 3.94. The summed E-state index contributed by atoms with van der Waals surface area (Å²) < 4.78 is 20.8. The highest BCUT2D eigenvalue weighted by Crippen LogP contribution is 2.41. The fourth-order valence-corrected chi connectivity index (χ4v) is 2.93. The third-order valence-corrected chi connectivity index (χ3v) is 4.81. The van der Waals surface area contributed by atoms with E-state index >= 15 is 0 Å². The number of hydrogen-bond acceptors (Lipinski definition) is 8. The Morgan fingerprint density at radius 1 is 1.16 bits per heavy atom. The molecule has 2 aromatic rings. The molecular formula is C23H25NO7. The number of esters is 1. The van der Waals surface area contributed by atoms with Gasteiger partial charge in [-0.05, 0) is 49.7 Å². The first-order valence-electron chi connectivity index (χ1n) is 9.45. The second-order valence-corrected chi connectivity index (χ2v) is 7.18. The largest absolute Gasteiger partial charge is 0.507 e. The van der Waals surface area contributed by atoms with Gasteiger partial charge in [-0.25, -0.2) is 0 Å². The number of aldehydes is 1. The average Bonchev–Trinajstić information content (AvgIpc) is 2.78. The number of carbonyl (C=O) groups excluding carboxylic acids is 2. The minimum Gasteiger partial charge on any atom is -0.507 e. The summed E-state index contributed by atoms with van der Waals surface area (Å²) in [4.78, 5) is 23.9. The van der Waals surface area contributed by atoms with Crippen LogP contribution in [-0.4, -0.2) is 51.6 Å². The molecule has 0 aromatic heterocycles. The minimum absolute atomic E-state index is 0.00543. The van der Waals surface area contributed by atoms with Crippen LogP contribution in [0.5, 0.6) is 11.5 Å². The molecule has 0 aliphatic carbocycles. The molecule has 0 amide bonds. The van der Waals surface area contributed by atoms with Crippen LogP contribution in [0.4, 0.5) is 0 Å². The molecule has 8 nitrogen and oxygen atoms in total. The second kappa shape index (κ2) is 10.6. The van der Waals surface area contributed by atoms with Crippen LogP contribution in [0.2, 0.25) is 0 Å². The predicted molar refractivity (Wildman–Crippen MR) is 112 cm³/mol. The number of phenols is 1. The van der Waals surface area contributed by atoms with Crippen LogP contribution in [0.15, 0.2) is 30.3 Å². The van der Waals surface area contributed by atoms with Crippen LogP contribution in [-0.2, 0) is 24.4 Å². The summed E-state index contributed by atoms with van der Waals surface area (Å²) in [5, 5.41) is 20.0. The smallest absolute Gasteiger partial charge is 0.315 e. The number of ether oxygens (including phenoxy) is 4. The van der Waals surface area contributed by atoms with E-state index in [0.29, 0.717) is 41.9 Å². The number of benzene rings is 2. The summed E-state index contributed by atoms with van der Waals surface area (Å²) in [5.41, 5.74) is 0.296. The van der Waals surface area contributed by atoms with Gasteiger partial charge in [-0.3, -0.25) is 9.59 Å². The van der Waals surface area contributed by atoms with Crippen molar-refractivity contribution in [3.8, 4) is 28.7 Å². The Labute approximate surface area is 180 Å². The summed E-state index contributed by atoms with van der Waals surface area (Å²) in [5.74, 6) is -0.467. The lowest BCUT2D eigenvalue weighted by molar-refractivity contribution is -0.146. The highest BCUT2D eigenvalue weighted by Gasteiger charge is 2.33. The molecule has 0 heterocycles. The molecule has 0 saturated carbocycles. The maximum Gasteiger partial charge on any atom is 0.315 e. The molecular weight excluding hydrogens is 402 g/mol. The van der Waals surface area contributed by atoms with Gasteiger partial charge in [0.05, 0.1) is 42.9 Å². The predicted octanol–water partition coefficient (Wildman–Crippen LogP) is 3.19. The van der Waals surface area contributed by atoms with E-state index in [9.17, 15) is 20.0 Å². The van der Waals surface area contributed by atoms with E-state index < -0.39 is 11.4 Å². The van der Waals surface area contributed by atoms with Crippen molar-refractivity contribution in [1.29, 1.82) is 5.26 Å². The first-order valence-corrected chi connectivity index (χ1v) is 9.45. The van der Waals surface area contributed by atoms with Crippen LogP contribution in [0.3, 0.4) is 0 Å². The lowest BCUT2D eigenvalue weighted by Gasteiger charge is -2.24. The first kappa shape index (κ1) is 23.9. The van der Waals surface area contributed by atoms with Crippen molar-refractivity contribution in [2.75, 3.05) is 34.2 Å². The molecule has 0 bridgehead atoms. The number of carbonyl (C=O) groups is 2. The number of methoxy groups -OCH3 is 2. The third-order valence-electron chi connectivity index (χ3n) is 4.81. The number of hydrogen-bond donors (Lipinski definition) is 1. The standard InChI is InChI=1S/C23H25NO7/c1-23(2,22(27)29-4)17-10-16(13-25)21(26)19(11-17)18-9-15(12-24)5-6-20(18)31-14-30-8-7-28-3/h5-6,9-11,13,26H,7-8,14H2,1-4H3. The van der Waals surface area contributed by atoms with Gasteiger partial charge in [-0.15, -0.1) is 0 Å². The van der Waals surface area contributed by atoms with Crippen LogP contribution in [0.1, 0.15) is 35.3 Å². The summed E-state index contributed by atoms with van der Waals surface area (Å²) >= 11 is 0. The van der Waals surface area contributed by atoms with Crippen LogP contribution < -0.4 is 4.74 Å². The molecule has 0 unspecified atom stereocenters. The number of nitriles is 1. The molecule has 0 spiro atoms. The Morgan fingerprint density at radius 2 is 1.90 bits per heavy atom. The van der Waals surface area contributed by atoms with E-state index in [4.69, 9.17) is 18.9 Å². The Balaban J connectivity index is 2.60. The molecule has 0 fully saturated rings. The highest BCUT2D eigenvalue weighted by atomic mass is 16.7. The van der Waals surface area contributed by atoms with E-state index in [1.807, 2.05) is 6.07 Å². The van der Waals surface area contributed by atoms with Gasteiger partial charge in [0.1, 0.15) is 11.5 Å². The SMILES string of the molecule is COCCOCOc1ccc(C#N)cc1-c1cc(C(C)(C)C(=O)OC)cc(C=O)c1O. The van der Waals surface area contributed by atoms with E-state index in [1.165, 1.54) is 19.2 Å². The zero-order valence-corrected chi connectivity index (χ0v) is 17.9. The Morgan fingerprint density at radius 3 is 2.52 bits per heavy atom. The zero-order valence-electron chi connectivity index (χ0n) is 17.9. The van der Waals surface area contributed by atoms with Crippen LogP contribution in [0.25, 0.3) is 11.1 Å². The molecule has 2 rings (SSSR count). The molecule has 0 radical (unpaired) electrons. The third kappa shape index (κ3) is 5.40. The molecule has 0 aliphatic rings. The molecule has 0 saturated heterocycles. The summed E-state index contributed by atoms with van der Waals surface area (Å²) in [6, 6.07) is 9.72. The summed E-state index contributed by atoms with van der Waals surface area (Å²) in [7, 11) is 2.83. The maximum absolute atomic E-state index is 12.3. The minimum atomic E-state index is -1.09. The molecule has 0 aliphatic heterocycles. The van der Waals surface area contributed by atoms with Gasteiger partial charge in [0.15, 0.2) is 13.1 Å². The fraction of sp³-hybridized carbons (Fsp3) is 0.348. The van der Waals surface area contributed by atoms with Crippen molar-refractivity contribution >= 4 is 12.3 Å². The van der Waals surface area contributed by atoms with Crippen molar-refractivity contribution in [1.82, 2.24) is 0 Å². The van der Waals surface area contributed by atoms with Crippen LogP contribution in [0, 0.1) is 11.3 Å². The highest BCUT2D eigenvalue weighted by molar-refractivity contribution is 5.90. The number of rotatable bonds is 10. The Hall–Kier alpha value is -3.41. The van der Waals surface area contributed by atoms with Crippen molar-refractivity contribution in [2.24, 2.45) is 0 Å². The molecule has 31 heavy (non-hydrogen) atoms. The first-order chi connectivity index (χ1) is 14.8.